The highest BCUT2D eigenvalue weighted by atomic mass is 127. The first-order valence-corrected chi connectivity index (χ1v) is 12.2. The Hall–Kier alpha value is -1.80. The minimum atomic E-state index is 0. The number of aliphatic imine (C=N–C) groups is 1. The van der Waals surface area contributed by atoms with Crippen molar-refractivity contribution in [3.8, 4) is 0 Å². The summed E-state index contributed by atoms with van der Waals surface area (Å²) >= 11 is 0. The van der Waals surface area contributed by atoms with Gasteiger partial charge in [0.05, 0.1) is 6.54 Å². The van der Waals surface area contributed by atoms with Gasteiger partial charge in [0.25, 0.3) is 0 Å². The number of nitrogens with one attached hydrogen (secondary N) is 2. The molecule has 33 heavy (non-hydrogen) atoms. The molecule has 2 aromatic rings. The molecule has 2 fully saturated rings. The van der Waals surface area contributed by atoms with Crippen molar-refractivity contribution in [3.63, 3.8) is 0 Å². The largest absolute Gasteiger partial charge is 0.396 e. The fourth-order valence-corrected chi connectivity index (χ4v) is 4.91. The van der Waals surface area contributed by atoms with E-state index in [9.17, 15) is 5.11 Å². The number of rotatable bonds is 8. The van der Waals surface area contributed by atoms with Gasteiger partial charge in [0, 0.05) is 43.9 Å². The summed E-state index contributed by atoms with van der Waals surface area (Å²) in [6.07, 6.45) is 5.92. The van der Waals surface area contributed by atoms with Crippen molar-refractivity contribution >= 4 is 35.6 Å². The lowest BCUT2D eigenvalue weighted by Gasteiger charge is -2.43. The maximum atomic E-state index is 9.34. The molecule has 6 heteroatoms. The molecule has 2 aliphatic rings. The second kappa shape index (κ2) is 12.6. The maximum Gasteiger partial charge on any atom is 0.191 e. The van der Waals surface area contributed by atoms with Gasteiger partial charge < -0.3 is 20.6 Å². The molecule has 0 bridgehead atoms. The van der Waals surface area contributed by atoms with E-state index in [2.05, 4.69) is 77.1 Å². The number of aliphatic hydroxyl groups is 1. The Balaban J connectivity index is 0.00000306. The summed E-state index contributed by atoms with van der Waals surface area (Å²) < 4.78 is 0. The quantitative estimate of drug-likeness (QED) is 0.248. The normalized spacial score (nSPS) is 18.2. The third kappa shape index (κ3) is 6.63. The van der Waals surface area contributed by atoms with E-state index < -0.39 is 0 Å². The summed E-state index contributed by atoms with van der Waals surface area (Å²) in [6, 6.07) is 19.7. The van der Waals surface area contributed by atoms with Gasteiger partial charge >= 0.3 is 0 Å². The van der Waals surface area contributed by atoms with Gasteiger partial charge in [0.1, 0.15) is 0 Å². The SMILES string of the molecule is CCNC(=NCc1ccc(N2CCC(CO)CC2)cc1)NCC1(c2ccccc2)CCC1.I. The van der Waals surface area contributed by atoms with Crippen molar-refractivity contribution in [2.75, 3.05) is 37.7 Å². The highest BCUT2D eigenvalue weighted by Gasteiger charge is 2.38. The van der Waals surface area contributed by atoms with E-state index in [0.717, 1.165) is 45.0 Å². The molecule has 0 radical (unpaired) electrons. The molecule has 2 aromatic carbocycles. The molecule has 4 rings (SSSR count). The number of guanidine groups is 1. The lowest BCUT2D eigenvalue weighted by atomic mass is 9.64. The molecule has 1 aliphatic carbocycles. The zero-order chi connectivity index (χ0) is 22.2. The molecule has 1 saturated carbocycles. The summed E-state index contributed by atoms with van der Waals surface area (Å²) in [4.78, 5) is 7.28. The van der Waals surface area contributed by atoms with E-state index in [0.29, 0.717) is 19.1 Å². The number of hydrogen-bond donors (Lipinski definition) is 3. The molecule has 0 aromatic heterocycles. The van der Waals surface area contributed by atoms with Crippen LogP contribution < -0.4 is 15.5 Å². The van der Waals surface area contributed by atoms with E-state index in [1.807, 2.05) is 0 Å². The van der Waals surface area contributed by atoms with Gasteiger partial charge in [-0.25, -0.2) is 4.99 Å². The Labute approximate surface area is 216 Å². The lowest BCUT2D eigenvalue weighted by molar-refractivity contribution is 0.203. The summed E-state index contributed by atoms with van der Waals surface area (Å²) in [5, 5.41) is 16.4. The summed E-state index contributed by atoms with van der Waals surface area (Å²) in [6.45, 7) is 6.93. The van der Waals surface area contributed by atoms with E-state index in [4.69, 9.17) is 4.99 Å². The third-order valence-electron chi connectivity index (χ3n) is 7.23. The minimum Gasteiger partial charge on any atom is -0.396 e. The van der Waals surface area contributed by atoms with Gasteiger partial charge in [-0.3, -0.25) is 0 Å². The Bertz CT molecular complexity index is 859. The molecule has 1 heterocycles. The highest BCUT2D eigenvalue weighted by Crippen LogP contribution is 2.43. The second-order valence-electron chi connectivity index (χ2n) is 9.33. The molecular weight excluding hydrogens is 523 g/mol. The van der Waals surface area contributed by atoms with E-state index in [1.165, 1.54) is 36.1 Å². The molecular formula is C27H39IN4O. The van der Waals surface area contributed by atoms with Gasteiger partial charge in [-0.05, 0) is 61.8 Å². The predicted molar refractivity (Wildman–Crippen MR) is 149 cm³/mol. The van der Waals surface area contributed by atoms with Crippen molar-refractivity contribution in [2.45, 2.75) is 51.0 Å². The minimum absolute atomic E-state index is 0. The molecule has 0 unspecified atom stereocenters. The molecule has 180 valence electrons. The fraction of sp³-hybridized carbons (Fsp3) is 0.519. The van der Waals surface area contributed by atoms with Gasteiger partial charge in [-0.1, -0.05) is 48.9 Å². The number of piperidine rings is 1. The number of halogens is 1. The smallest absolute Gasteiger partial charge is 0.191 e. The first-order chi connectivity index (χ1) is 15.7. The van der Waals surface area contributed by atoms with E-state index in [1.54, 1.807) is 0 Å². The van der Waals surface area contributed by atoms with Crippen LogP contribution in [0, 0.1) is 5.92 Å². The van der Waals surface area contributed by atoms with E-state index in [-0.39, 0.29) is 29.4 Å². The molecule has 1 aliphatic heterocycles. The van der Waals surface area contributed by atoms with Crippen molar-refractivity contribution in [3.05, 3.63) is 65.7 Å². The lowest BCUT2D eigenvalue weighted by Crippen LogP contribution is -2.48. The number of anilines is 1. The third-order valence-corrected chi connectivity index (χ3v) is 7.23. The first-order valence-electron chi connectivity index (χ1n) is 12.2. The molecule has 5 nitrogen and oxygen atoms in total. The van der Waals surface area contributed by atoms with Crippen LogP contribution in [-0.4, -0.2) is 43.9 Å². The Morgan fingerprint density at radius 3 is 2.30 bits per heavy atom. The van der Waals surface area contributed by atoms with Crippen LogP contribution in [0.5, 0.6) is 0 Å². The standard InChI is InChI=1S/C27H38N4O.HI/c1-2-28-26(30-21-27(15-6-16-27)24-7-4-3-5-8-24)29-19-22-9-11-25(12-10-22)31-17-13-23(20-32)14-18-31;/h3-5,7-12,23,32H,2,6,13-21H2,1H3,(H2,28,29,30);1H. The van der Waals surface area contributed by atoms with Crippen LogP contribution in [0.4, 0.5) is 5.69 Å². The zero-order valence-electron chi connectivity index (χ0n) is 19.8. The van der Waals surface area contributed by atoms with Gasteiger partial charge in [0.2, 0.25) is 0 Å². The van der Waals surface area contributed by atoms with Crippen LogP contribution in [0.2, 0.25) is 0 Å². The summed E-state index contributed by atoms with van der Waals surface area (Å²) in [5.74, 6) is 1.36. The zero-order valence-corrected chi connectivity index (χ0v) is 22.1. The average molecular weight is 563 g/mol. The molecule has 0 atom stereocenters. The molecule has 0 amide bonds. The van der Waals surface area contributed by atoms with Gasteiger partial charge in [-0.15, -0.1) is 24.0 Å². The Kier molecular flexibility index (Phi) is 9.86. The van der Waals surface area contributed by atoms with Crippen molar-refractivity contribution < 1.29 is 5.11 Å². The summed E-state index contributed by atoms with van der Waals surface area (Å²) in [5.41, 5.74) is 4.17. The number of hydrogen-bond acceptors (Lipinski definition) is 3. The Morgan fingerprint density at radius 1 is 1.03 bits per heavy atom. The monoisotopic (exact) mass is 562 g/mol. The second-order valence-corrected chi connectivity index (χ2v) is 9.33. The van der Waals surface area contributed by atoms with E-state index >= 15 is 0 Å². The van der Waals surface area contributed by atoms with Crippen LogP contribution >= 0.6 is 24.0 Å². The van der Waals surface area contributed by atoms with Gasteiger partial charge in [0.15, 0.2) is 5.96 Å². The van der Waals surface area contributed by atoms with Crippen LogP contribution in [0.15, 0.2) is 59.6 Å². The highest BCUT2D eigenvalue weighted by molar-refractivity contribution is 14.0. The number of aliphatic hydroxyl groups excluding tert-OH is 1. The van der Waals surface area contributed by atoms with Crippen LogP contribution in [0.3, 0.4) is 0 Å². The number of nitrogens with zero attached hydrogens (tertiary/aromatic N) is 2. The molecule has 0 spiro atoms. The molecule has 3 N–H and O–H groups in total. The first kappa shape index (κ1) is 25.8. The molecule has 1 saturated heterocycles. The van der Waals surface area contributed by atoms with Crippen LogP contribution in [-0.2, 0) is 12.0 Å². The summed E-state index contributed by atoms with van der Waals surface area (Å²) in [7, 11) is 0. The van der Waals surface area contributed by atoms with Gasteiger partial charge in [-0.2, -0.15) is 0 Å². The fourth-order valence-electron chi connectivity index (χ4n) is 4.91. The van der Waals surface area contributed by atoms with Crippen LogP contribution in [0.1, 0.15) is 50.2 Å². The van der Waals surface area contributed by atoms with Crippen molar-refractivity contribution in [1.29, 1.82) is 0 Å². The van der Waals surface area contributed by atoms with Crippen LogP contribution in [0.25, 0.3) is 0 Å². The average Bonchev–Trinajstić information content (AvgIpc) is 2.83. The number of benzene rings is 2. The predicted octanol–water partition coefficient (Wildman–Crippen LogP) is 4.69. The topological polar surface area (TPSA) is 59.9 Å². The Morgan fingerprint density at radius 2 is 1.73 bits per heavy atom. The van der Waals surface area contributed by atoms with Crippen molar-refractivity contribution in [2.24, 2.45) is 10.9 Å². The van der Waals surface area contributed by atoms with Crippen molar-refractivity contribution in [1.82, 2.24) is 10.6 Å². The maximum absolute atomic E-state index is 9.34.